The molecule has 12 heteroatoms. The summed E-state index contributed by atoms with van der Waals surface area (Å²) in [6.07, 6.45) is -3.32. The van der Waals surface area contributed by atoms with Gasteiger partial charge in [0, 0.05) is 6.54 Å². The zero-order chi connectivity index (χ0) is 20.0. The van der Waals surface area contributed by atoms with Crippen molar-refractivity contribution >= 4 is 29.3 Å². The molecule has 0 aliphatic rings. The van der Waals surface area contributed by atoms with E-state index in [2.05, 4.69) is 15.5 Å². The van der Waals surface area contributed by atoms with E-state index in [0.717, 1.165) is 28.6 Å². The number of para-hydroxylation sites is 1. The number of benzene rings is 1. The summed E-state index contributed by atoms with van der Waals surface area (Å²) in [5.41, 5.74) is -1.31. The molecule has 0 fully saturated rings. The Balaban J connectivity index is 1.97. The van der Waals surface area contributed by atoms with Crippen LogP contribution in [0.1, 0.15) is 12.5 Å². The lowest BCUT2D eigenvalue weighted by molar-refractivity contribution is -0.137. The number of nitrogens with two attached hydrogens (primary N) is 1. The number of nitrogens with zero attached hydrogens (tertiary/aromatic N) is 4. The quantitative estimate of drug-likeness (QED) is 0.538. The second-order valence-corrected chi connectivity index (χ2v) is 6.25. The number of alkyl halides is 3. The topological polar surface area (TPSA) is 106 Å². The lowest BCUT2D eigenvalue weighted by Crippen LogP contribution is -2.39. The number of rotatable bonds is 7. The van der Waals surface area contributed by atoms with Gasteiger partial charge in [-0.05, 0) is 19.1 Å². The maximum Gasteiger partial charge on any atom is 0.418 e. The molecule has 0 atom stereocenters. The van der Waals surface area contributed by atoms with Crippen molar-refractivity contribution in [1.82, 2.24) is 19.8 Å². The number of carbonyl (C=O) groups excluding carboxylic acids is 2. The van der Waals surface area contributed by atoms with Crippen LogP contribution in [-0.4, -0.2) is 50.4 Å². The number of nitrogens with one attached hydrogen (secondary N) is 1. The zero-order valence-electron chi connectivity index (χ0n) is 14.2. The van der Waals surface area contributed by atoms with Crippen molar-refractivity contribution in [3.05, 3.63) is 36.2 Å². The summed E-state index contributed by atoms with van der Waals surface area (Å²) in [6.45, 7) is 1.49. The van der Waals surface area contributed by atoms with Crippen LogP contribution in [0.5, 0.6) is 0 Å². The van der Waals surface area contributed by atoms with Gasteiger partial charge in [0.1, 0.15) is 6.33 Å². The fourth-order valence-electron chi connectivity index (χ4n) is 2.13. The Morgan fingerprint density at radius 3 is 2.63 bits per heavy atom. The number of anilines is 1. The Morgan fingerprint density at radius 2 is 2.04 bits per heavy atom. The average Bonchev–Trinajstić information content (AvgIpc) is 3.02. The van der Waals surface area contributed by atoms with Gasteiger partial charge in [-0.25, -0.2) is 4.68 Å². The number of carbonyl (C=O) groups is 2. The number of aromatic nitrogens is 3. The Bertz CT molecular complexity index is 811. The first kappa shape index (κ1) is 20.6. The van der Waals surface area contributed by atoms with Gasteiger partial charge in [0.25, 0.3) is 0 Å². The van der Waals surface area contributed by atoms with Gasteiger partial charge >= 0.3 is 6.18 Å². The van der Waals surface area contributed by atoms with Crippen molar-refractivity contribution in [2.24, 2.45) is 0 Å². The van der Waals surface area contributed by atoms with Gasteiger partial charge in [-0.1, -0.05) is 23.9 Å². The first-order chi connectivity index (χ1) is 12.7. The maximum absolute atomic E-state index is 13.0. The van der Waals surface area contributed by atoms with Gasteiger partial charge in [0.15, 0.2) is 0 Å². The van der Waals surface area contributed by atoms with Crippen LogP contribution < -0.4 is 11.2 Å². The minimum absolute atomic E-state index is 0.0455. The molecule has 1 aromatic carbocycles. The monoisotopic (exact) mass is 402 g/mol. The molecule has 0 aliphatic heterocycles. The summed E-state index contributed by atoms with van der Waals surface area (Å²) >= 11 is 1.04. The summed E-state index contributed by atoms with van der Waals surface area (Å²) < 4.78 is 40.1. The van der Waals surface area contributed by atoms with Crippen molar-refractivity contribution in [2.45, 2.75) is 18.3 Å². The van der Waals surface area contributed by atoms with Crippen molar-refractivity contribution in [2.75, 3.05) is 30.0 Å². The summed E-state index contributed by atoms with van der Waals surface area (Å²) in [5.74, 6) is 4.38. The molecule has 1 aromatic heterocycles. The number of amides is 2. The highest BCUT2D eigenvalue weighted by atomic mass is 32.2. The molecule has 1 heterocycles. The molecular formula is C15H17F3N6O2S. The highest BCUT2D eigenvalue weighted by Gasteiger charge is 2.33. The molecule has 0 bridgehead atoms. The van der Waals surface area contributed by atoms with Gasteiger partial charge in [-0.15, -0.1) is 10.2 Å². The molecule has 2 amide bonds. The summed E-state index contributed by atoms with van der Waals surface area (Å²) in [6, 6.07) is 4.64. The van der Waals surface area contributed by atoms with E-state index in [1.165, 1.54) is 23.4 Å². The number of halogens is 3. The molecule has 0 saturated carbocycles. The second kappa shape index (κ2) is 8.75. The molecular weight excluding hydrogens is 385 g/mol. The highest BCUT2D eigenvalue weighted by molar-refractivity contribution is 7.99. The molecule has 0 spiro atoms. The standard InChI is InChI=1S/C15H17F3N6O2S/c1-2-23(13(26)8-27-14-22-20-9-24(14)19)7-12(25)21-11-6-4-3-5-10(11)15(16,17)18/h3-6,9H,2,7-8,19H2,1H3,(H,21,25). The minimum atomic E-state index is -4.60. The van der Waals surface area contributed by atoms with Gasteiger partial charge in [-0.2, -0.15) is 13.2 Å². The average molecular weight is 402 g/mol. The molecule has 2 aromatic rings. The van der Waals surface area contributed by atoms with Gasteiger partial charge in [0.2, 0.25) is 17.0 Å². The van der Waals surface area contributed by atoms with Gasteiger partial charge in [0.05, 0.1) is 23.5 Å². The molecule has 2 rings (SSSR count). The van der Waals surface area contributed by atoms with Crippen LogP contribution in [0, 0.1) is 0 Å². The number of thioether (sulfide) groups is 1. The predicted octanol–water partition coefficient (Wildman–Crippen LogP) is 1.59. The predicted molar refractivity (Wildman–Crippen MR) is 93.2 cm³/mol. The Hall–Kier alpha value is -2.76. The van der Waals surface area contributed by atoms with E-state index in [-0.39, 0.29) is 30.4 Å². The van der Waals surface area contributed by atoms with E-state index in [1.54, 1.807) is 6.92 Å². The Kier molecular flexibility index (Phi) is 6.66. The van der Waals surface area contributed by atoms with Crippen molar-refractivity contribution in [1.29, 1.82) is 0 Å². The van der Waals surface area contributed by atoms with E-state index in [1.807, 2.05) is 0 Å². The van der Waals surface area contributed by atoms with Gasteiger partial charge < -0.3 is 16.1 Å². The summed E-state index contributed by atoms with van der Waals surface area (Å²) in [7, 11) is 0. The second-order valence-electron chi connectivity index (χ2n) is 5.31. The molecule has 146 valence electrons. The Labute approximate surface area is 156 Å². The zero-order valence-corrected chi connectivity index (χ0v) is 15.0. The lowest BCUT2D eigenvalue weighted by atomic mass is 10.1. The normalized spacial score (nSPS) is 11.3. The van der Waals surface area contributed by atoms with Crippen LogP contribution in [0.25, 0.3) is 0 Å². The number of likely N-dealkylation sites (N-methyl/N-ethyl adjacent to an activating group) is 1. The Morgan fingerprint density at radius 1 is 1.33 bits per heavy atom. The lowest BCUT2D eigenvalue weighted by Gasteiger charge is -2.21. The first-order valence-electron chi connectivity index (χ1n) is 7.74. The van der Waals surface area contributed by atoms with E-state index < -0.39 is 17.6 Å². The van der Waals surface area contributed by atoms with Gasteiger partial charge in [-0.3, -0.25) is 9.59 Å². The molecule has 3 N–H and O–H groups in total. The number of hydrogen-bond donors (Lipinski definition) is 2. The van der Waals surface area contributed by atoms with Crippen LogP contribution in [0.3, 0.4) is 0 Å². The highest BCUT2D eigenvalue weighted by Crippen LogP contribution is 2.34. The van der Waals surface area contributed by atoms with E-state index in [4.69, 9.17) is 5.84 Å². The number of hydrogen-bond acceptors (Lipinski definition) is 6. The molecule has 0 unspecified atom stereocenters. The van der Waals surface area contributed by atoms with E-state index >= 15 is 0 Å². The molecule has 27 heavy (non-hydrogen) atoms. The molecule has 0 radical (unpaired) electrons. The van der Waals surface area contributed by atoms with Crippen LogP contribution in [0.4, 0.5) is 18.9 Å². The largest absolute Gasteiger partial charge is 0.418 e. The molecule has 0 aliphatic carbocycles. The summed E-state index contributed by atoms with van der Waals surface area (Å²) in [4.78, 5) is 25.6. The molecule has 0 saturated heterocycles. The van der Waals surface area contributed by atoms with Crippen molar-refractivity contribution in [3.8, 4) is 0 Å². The molecule has 8 nitrogen and oxygen atoms in total. The first-order valence-corrected chi connectivity index (χ1v) is 8.72. The van der Waals surface area contributed by atoms with Crippen LogP contribution in [-0.2, 0) is 15.8 Å². The third kappa shape index (κ3) is 5.61. The maximum atomic E-state index is 13.0. The van der Waals surface area contributed by atoms with Crippen LogP contribution >= 0.6 is 11.8 Å². The SMILES string of the molecule is CCN(CC(=O)Nc1ccccc1C(F)(F)F)C(=O)CSc1nncn1N. The van der Waals surface area contributed by atoms with Crippen molar-refractivity contribution < 1.29 is 22.8 Å². The smallest absolute Gasteiger partial charge is 0.336 e. The number of nitrogen functional groups attached to an aromatic ring is 1. The van der Waals surface area contributed by atoms with Crippen molar-refractivity contribution in [3.63, 3.8) is 0 Å². The minimum Gasteiger partial charge on any atom is -0.336 e. The third-order valence-electron chi connectivity index (χ3n) is 3.44. The van der Waals surface area contributed by atoms with E-state index in [0.29, 0.717) is 5.16 Å². The van der Waals surface area contributed by atoms with E-state index in [9.17, 15) is 22.8 Å². The van der Waals surface area contributed by atoms with Crippen LogP contribution in [0.15, 0.2) is 35.7 Å². The fraction of sp³-hybridized carbons (Fsp3) is 0.333. The fourth-order valence-corrected chi connectivity index (χ4v) is 2.87. The summed E-state index contributed by atoms with van der Waals surface area (Å²) in [5, 5.41) is 9.82. The third-order valence-corrected chi connectivity index (χ3v) is 4.38. The van der Waals surface area contributed by atoms with Crippen LogP contribution in [0.2, 0.25) is 0 Å².